The van der Waals surface area contributed by atoms with Crippen molar-refractivity contribution in [1.82, 2.24) is 15.2 Å². The lowest BCUT2D eigenvalue weighted by Crippen LogP contribution is -2.59. The number of hydrogen-bond donors (Lipinski definition) is 2. The number of nitrogens with zero attached hydrogens (tertiary/aromatic N) is 1. The standard InChI is InChI=1S/C22H35N3O2/c1-15(2)11-16-12-17(23-13-16)19(26)25-10-7-18(21(3,4)14-25)24-20(27)22(5)8-6-9-22/h12-13,15,18,23H,6-11,14H2,1-5H3,(H,24,27). The van der Waals surface area contributed by atoms with Crippen molar-refractivity contribution in [1.29, 1.82) is 0 Å². The minimum absolute atomic E-state index is 0.0637. The third kappa shape index (κ3) is 4.22. The summed E-state index contributed by atoms with van der Waals surface area (Å²) in [6, 6.07) is 2.10. The molecule has 5 nitrogen and oxygen atoms in total. The number of carbonyl (C=O) groups excluding carboxylic acids is 2. The van der Waals surface area contributed by atoms with Crippen LogP contribution < -0.4 is 5.32 Å². The third-order valence-electron chi connectivity index (χ3n) is 6.44. The summed E-state index contributed by atoms with van der Waals surface area (Å²) in [6.45, 7) is 12.1. The van der Waals surface area contributed by atoms with Crippen LogP contribution in [0.15, 0.2) is 12.3 Å². The first-order chi connectivity index (χ1) is 12.6. The van der Waals surface area contributed by atoms with Crippen LogP contribution in [0.2, 0.25) is 0 Å². The Morgan fingerprint density at radius 3 is 2.56 bits per heavy atom. The molecule has 1 saturated carbocycles. The number of nitrogens with one attached hydrogen (secondary N) is 2. The van der Waals surface area contributed by atoms with E-state index in [4.69, 9.17) is 0 Å². The van der Waals surface area contributed by atoms with E-state index in [-0.39, 0.29) is 28.7 Å². The van der Waals surface area contributed by atoms with Gasteiger partial charge in [-0.1, -0.05) is 41.0 Å². The van der Waals surface area contributed by atoms with Gasteiger partial charge in [0.1, 0.15) is 5.69 Å². The van der Waals surface area contributed by atoms with Crippen LogP contribution in [0.3, 0.4) is 0 Å². The van der Waals surface area contributed by atoms with Gasteiger partial charge in [0.25, 0.3) is 5.91 Å². The van der Waals surface area contributed by atoms with Gasteiger partial charge in [-0.2, -0.15) is 0 Å². The molecule has 0 aromatic carbocycles. The van der Waals surface area contributed by atoms with E-state index >= 15 is 0 Å². The smallest absolute Gasteiger partial charge is 0.270 e. The summed E-state index contributed by atoms with van der Waals surface area (Å²) < 4.78 is 0. The van der Waals surface area contributed by atoms with E-state index < -0.39 is 0 Å². The molecule has 1 aliphatic heterocycles. The third-order valence-corrected chi connectivity index (χ3v) is 6.44. The van der Waals surface area contributed by atoms with Crippen LogP contribution in [0.1, 0.15) is 76.4 Å². The topological polar surface area (TPSA) is 65.2 Å². The van der Waals surface area contributed by atoms with Crippen molar-refractivity contribution in [2.24, 2.45) is 16.7 Å². The Bertz CT molecular complexity index is 700. The lowest BCUT2D eigenvalue weighted by molar-refractivity contribution is -0.136. The van der Waals surface area contributed by atoms with Crippen molar-refractivity contribution in [3.63, 3.8) is 0 Å². The lowest BCUT2D eigenvalue weighted by Gasteiger charge is -2.46. The van der Waals surface area contributed by atoms with E-state index in [1.807, 2.05) is 17.2 Å². The molecule has 1 aromatic heterocycles. The fourth-order valence-electron chi connectivity index (χ4n) is 4.39. The van der Waals surface area contributed by atoms with E-state index in [0.29, 0.717) is 24.7 Å². The number of H-pyrrole nitrogens is 1. The molecule has 5 heteroatoms. The van der Waals surface area contributed by atoms with Gasteiger partial charge in [-0.25, -0.2) is 0 Å². The molecule has 0 bridgehead atoms. The summed E-state index contributed by atoms with van der Waals surface area (Å²) in [5, 5.41) is 3.29. The van der Waals surface area contributed by atoms with Crippen LogP contribution in [-0.2, 0) is 11.2 Å². The Morgan fingerprint density at radius 1 is 1.30 bits per heavy atom. The molecular formula is C22H35N3O2. The Labute approximate surface area is 163 Å². The van der Waals surface area contributed by atoms with Gasteiger partial charge in [-0.3, -0.25) is 9.59 Å². The first-order valence-electron chi connectivity index (χ1n) is 10.4. The van der Waals surface area contributed by atoms with Crippen LogP contribution in [0.5, 0.6) is 0 Å². The zero-order chi connectivity index (χ0) is 19.8. The van der Waals surface area contributed by atoms with E-state index in [1.165, 1.54) is 5.56 Å². The normalized spacial score (nSPS) is 23.8. The first-order valence-corrected chi connectivity index (χ1v) is 10.4. The summed E-state index contributed by atoms with van der Waals surface area (Å²) in [7, 11) is 0. The highest BCUT2D eigenvalue weighted by molar-refractivity contribution is 5.93. The van der Waals surface area contributed by atoms with E-state index in [0.717, 1.165) is 32.1 Å². The molecule has 150 valence electrons. The molecule has 0 spiro atoms. The van der Waals surface area contributed by atoms with Gasteiger partial charge < -0.3 is 15.2 Å². The predicted octanol–water partition coefficient (Wildman–Crippen LogP) is 3.76. The number of piperidine rings is 1. The number of carbonyl (C=O) groups is 2. The summed E-state index contributed by atoms with van der Waals surface area (Å²) in [6.07, 6.45) is 6.85. The monoisotopic (exact) mass is 373 g/mol. The van der Waals surface area contributed by atoms with E-state index in [1.54, 1.807) is 0 Å². The average Bonchev–Trinajstić information content (AvgIpc) is 3.00. The number of hydrogen-bond acceptors (Lipinski definition) is 2. The van der Waals surface area contributed by atoms with E-state index in [2.05, 4.69) is 44.9 Å². The van der Waals surface area contributed by atoms with Gasteiger partial charge in [0, 0.05) is 36.2 Å². The molecule has 1 aromatic rings. The van der Waals surface area contributed by atoms with Crippen LogP contribution in [0, 0.1) is 16.7 Å². The molecule has 1 saturated heterocycles. The van der Waals surface area contributed by atoms with Gasteiger partial charge in [-0.05, 0) is 43.2 Å². The molecule has 2 N–H and O–H groups in total. The Balaban J connectivity index is 1.61. The molecular weight excluding hydrogens is 338 g/mol. The molecule has 2 amide bonds. The second-order valence-electron chi connectivity index (χ2n) is 9.96. The summed E-state index contributed by atoms with van der Waals surface area (Å²) in [4.78, 5) is 30.7. The SMILES string of the molecule is CC(C)Cc1c[nH]c(C(=O)N2CCC(NC(=O)C3(C)CCC3)C(C)(C)C2)c1. The van der Waals surface area contributed by atoms with Crippen molar-refractivity contribution in [2.45, 2.75) is 72.8 Å². The van der Waals surface area contributed by atoms with Gasteiger partial charge in [0.2, 0.25) is 5.91 Å². The number of aromatic nitrogens is 1. The number of rotatable bonds is 5. The maximum Gasteiger partial charge on any atom is 0.270 e. The van der Waals surface area contributed by atoms with Crippen LogP contribution in [0.4, 0.5) is 0 Å². The summed E-state index contributed by atoms with van der Waals surface area (Å²) in [5.74, 6) is 0.822. The van der Waals surface area contributed by atoms with Crippen molar-refractivity contribution < 1.29 is 9.59 Å². The molecule has 1 atom stereocenters. The molecule has 1 aliphatic carbocycles. The molecule has 27 heavy (non-hydrogen) atoms. The van der Waals surface area contributed by atoms with Gasteiger partial charge in [0.05, 0.1) is 0 Å². The van der Waals surface area contributed by atoms with Crippen molar-refractivity contribution in [3.8, 4) is 0 Å². The maximum absolute atomic E-state index is 12.9. The largest absolute Gasteiger partial charge is 0.357 e. The van der Waals surface area contributed by atoms with Crippen molar-refractivity contribution >= 4 is 11.8 Å². The number of likely N-dealkylation sites (tertiary alicyclic amines) is 1. The molecule has 3 rings (SSSR count). The highest BCUT2D eigenvalue weighted by atomic mass is 16.2. The maximum atomic E-state index is 12.9. The van der Waals surface area contributed by atoms with Crippen molar-refractivity contribution in [2.75, 3.05) is 13.1 Å². The Kier molecular flexibility index (Phi) is 5.42. The van der Waals surface area contributed by atoms with E-state index in [9.17, 15) is 9.59 Å². The fraction of sp³-hybridized carbons (Fsp3) is 0.727. The van der Waals surface area contributed by atoms with Gasteiger partial charge in [-0.15, -0.1) is 0 Å². The zero-order valence-electron chi connectivity index (χ0n) is 17.5. The minimum Gasteiger partial charge on any atom is -0.357 e. The molecule has 2 heterocycles. The van der Waals surface area contributed by atoms with Gasteiger partial charge in [0.15, 0.2) is 0 Å². The molecule has 1 unspecified atom stereocenters. The number of amides is 2. The summed E-state index contributed by atoms with van der Waals surface area (Å²) in [5.41, 5.74) is 1.53. The highest BCUT2D eigenvalue weighted by Crippen LogP contribution is 2.41. The lowest BCUT2D eigenvalue weighted by atomic mass is 9.69. The minimum atomic E-state index is -0.180. The second-order valence-corrected chi connectivity index (χ2v) is 9.96. The number of aromatic amines is 1. The van der Waals surface area contributed by atoms with Crippen LogP contribution in [0.25, 0.3) is 0 Å². The highest BCUT2D eigenvalue weighted by Gasteiger charge is 2.44. The quantitative estimate of drug-likeness (QED) is 0.825. The average molecular weight is 374 g/mol. The Hall–Kier alpha value is -1.78. The Morgan fingerprint density at radius 2 is 2.00 bits per heavy atom. The first kappa shape index (κ1) is 20.0. The van der Waals surface area contributed by atoms with Crippen LogP contribution >= 0.6 is 0 Å². The van der Waals surface area contributed by atoms with Crippen LogP contribution in [-0.4, -0.2) is 40.8 Å². The molecule has 2 fully saturated rings. The molecule has 0 radical (unpaired) electrons. The fourth-order valence-corrected chi connectivity index (χ4v) is 4.39. The van der Waals surface area contributed by atoms with Gasteiger partial charge >= 0.3 is 0 Å². The predicted molar refractivity (Wildman–Crippen MR) is 108 cm³/mol. The second kappa shape index (κ2) is 7.33. The summed E-state index contributed by atoms with van der Waals surface area (Å²) >= 11 is 0. The van der Waals surface area contributed by atoms with Crippen molar-refractivity contribution in [3.05, 3.63) is 23.5 Å². The molecule has 2 aliphatic rings. The zero-order valence-corrected chi connectivity index (χ0v) is 17.5.